The van der Waals surface area contributed by atoms with Crippen molar-refractivity contribution in [1.82, 2.24) is 0 Å². The summed E-state index contributed by atoms with van der Waals surface area (Å²) in [6, 6.07) is 5.51. The van der Waals surface area contributed by atoms with Crippen LogP contribution >= 0.6 is 15.9 Å². The second-order valence-electron chi connectivity index (χ2n) is 2.58. The Kier molecular flexibility index (Phi) is 2.72. The molecule has 0 spiro atoms. The van der Waals surface area contributed by atoms with Crippen molar-refractivity contribution in [3.8, 4) is 11.8 Å². The number of rotatable bonds is 1. The maximum absolute atomic E-state index is 9.35. The second kappa shape index (κ2) is 3.59. The Morgan fingerprint density at radius 2 is 2.25 bits per heavy atom. The Balaban J connectivity index is 3.14. The van der Waals surface area contributed by atoms with Crippen molar-refractivity contribution in [3.63, 3.8) is 0 Å². The zero-order valence-corrected chi connectivity index (χ0v) is 8.22. The van der Waals surface area contributed by atoms with Crippen molar-refractivity contribution < 1.29 is 5.11 Å². The minimum absolute atomic E-state index is 0.195. The van der Waals surface area contributed by atoms with Gasteiger partial charge in [0.1, 0.15) is 5.75 Å². The first-order chi connectivity index (χ1) is 5.65. The van der Waals surface area contributed by atoms with Crippen molar-refractivity contribution in [2.75, 3.05) is 0 Å². The van der Waals surface area contributed by atoms with Crippen LogP contribution in [0.1, 0.15) is 11.1 Å². The number of phenols is 1. The summed E-state index contributed by atoms with van der Waals surface area (Å²) in [4.78, 5) is 0. The third kappa shape index (κ3) is 1.77. The number of hydrogen-bond donors (Lipinski definition) is 1. The van der Waals surface area contributed by atoms with Crippen LogP contribution in [0.2, 0.25) is 0 Å². The van der Waals surface area contributed by atoms with Crippen LogP contribution in [0, 0.1) is 18.3 Å². The van der Waals surface area contributed by atoms with Crippen LogP contribution in [0.4, 0.5) is 0 Å². The first-order valence-corrected chi connectivity index (χ1v) is 4.29. The standard InChI is InChI=1S/C9H8BrNO/c1-6-4-7(2-3-11)5-8(12)9(6)10/h4-5,12H,2H2,1H3. The van der Waals surface area contributed by atoms with Gasteiger partial charge in [-0.2, -0.15) is 5.26 Å². The Morgan fingerprint density at radius 3 is 2.75 bits per heavy atom. The fourth-order valence-corrected chi connectivity index (χ4v) is 1.25. The molecule has 0 fully saturated rings. The molecule has 1 N–H and O–H groups in total. The molecule has 2 nitrogen and oxygen atoms in total. The maximum Gasteiger partial charge on any atom is 0.130 e. The van der Waals surface area contributed by atoms with E-state index in [2.05, 4.69) is 15.9 Å². The largest absolute Gasteiger partial charge is 0.507 e. The average Bonchev–Trinajstić information content (AvgIpc) is 2.01. The van der Waals surface area contributed by atoms with Gasteiger partial charge >= 0.3 is 0 Å². The van der Waals surface area contributed by atoms with E-state index in [9.17, 15) is 5.11 Å². The SMILES string of the molecule is Cc1cc(CC#N)cc(O)c1Br. The van der Waals surface area contributed by atoms with Gasteiger partial charge in [0, 0.05) is 0 Å². The molecule has 0 radical (unpaired) electrons. The molecule has 0 unspecified atom stereocenters. The molecule has 1 aromatic carbocycles. The highest BCUT2D eigenvalue weighted by Crippen LogP contribution is 2.28. The number of halogens is 1. The van der Waals surface area contributed by atoms with Crippen LogP contribution in [-0.4, -0.2) is 5.11 Å². The lowest BCUT2D eigenvalue weighted by Crippen LogP contribution is -1.84. The summed E-state index contributed by atoms with van der Waals surface area (Å²) >= 11 is 3.23. The maximum atomic E-state index is 9.35. The van der Waals surface area contributed by atoms with E-state index in [4.69, 9.17) is 5.26 Å². The molecule has 3 heteroatoms. The molecule has 0 aliphatic rings. The van der Waals surface area contributed by atoms with E-state index in [1.54, 1.807) is 6.07 Å². The van der Waals surface area contributed by atoms with Crippen molar-refractivity contribution in [2.24, 2.45) is 0 Å². The predicted octanol–water partition coefficient (Wildman–Crippen LogP) is 2.53. The van der Waals surface area contributed by atoms with Gasteiger partial charge in [0.25, 0.3) is 0 Å². The Hall–Kier alpha value is -1.01. The average molecular weight is 226 g/mol. The first-order valence-electron chi connectivity index (χ1n) is 3.50. The third-order valence-corrected chi connectivity index (χ3v) is 2.61. The molecule has 0 aromatic heterocycles. The first kappa shape index (κ1) is 9.08. The molecule has 1 rings (SSSR count). The number of phenolic OH excluding ortho intramolecular Hbond substituents is 1. The summed E-state index contributed by atoms with van der Waals surface area (Å²) in [6.07, 6.45) is 0.335. The lowest BCUT2D eigenvalue weighted by Gasteiger charge is -2.03. The number of nitriles is 1. The van der Waals surface area contributed by atoms with E-state index in [1.165, 1.54) is 0 Å². The molecule has 0 amide bonds. The van der Waals surface area contributed by atoms with Gasteiger partial charge in [-0.1, -0.05) is 6.07 Å². The summed E-state index contributed by atoms with van der Waals surface area (Å²) in [7, 11) is 0. The fraction of sp³-hybridized carbons (Fsp3) is 0.222. The predicted molar refractivity (Wildman–Crippen MR) is 49.9 cm³/mol. The van der Waals surface area contributed by atoms with Crippen molar-refractivity contribution in [2.45, 2.75) is 13.3 Å². The van der Waals surface area contributed by atoms with E-state index in [0.29, 0.717) is 10.9 Å². The van der Waals surface area contributed by atoms with Crippen LogP contribution in [0.15, 0.2) is 16.6 Å². The summed E-state index contributed by atoms with van der Waals surface area (Å²) in [5, 5.41) is 17.8. The van der Waals surface area contributed by atoms with Gasteiger partial charge < -0.3 is 5.11 Å². The minimum atomic E-state index is 0.195. The number of benzene rings is 1. The van der Waals surface area contributed by atoms with Crippen LogP contribution in [0.25, 0.3) is 0 Å². The van der Waals surface area contributed by atoms with E-state index < -0.39 is 0 Å². The third-order valence-electron chi connectivity index (χ3n) is 1.58. The smallest absolute Gasteiger partial charge is 0.130 e. The second-order valence-corrected chi connectivity index (χ2v) is 3.37. The van der Waals surface area contributed by atoms with Gasteiger partial charge in [0.05, 0.1) is 17.0 Å². The summed E-state index contributed by atoms with van der Waals surface area (Å²) in [6.45, 7) is 1.88. The van der Waals surface area contributed by atoms with Crippen LogP contribution in [-0.2, 0) is 6.42 Å². The van der Waals surface area contributed by atoms with Crippen molar-refractivity contribution >= 4 is 15.9 Å². The van der Waals surface area contributed by atoms with Crippen LogP contribution in [0.3, 0.4) is 0 Å². The van der Waals surface area contributed by atoms with E-state index >= 15 is 0 Å². The topological polar surface area (TPSA) is 44.0 Å². The molecule has 0 saturated carbocycles. The lowest BCUT2D eigenvalue weighted by molar-refractivity contribution is 0.471. The summed E-state index contributed by atoms with van der Waals surface area (Å²) in [5.74, 6) is 0.195. The minimum Gasteiger partial charge on any atom is -0.507 e. The van der Waals surface area contributed by atoms with Gasteiger partial charge in [-0.15, -0.1) is 0 Å². The van der Waals surface area contributed by atoms with Crippen LogP contribution in [0.5, 0.6) is 5.75 Å². The molecule has 0 atom stereocenters. The lowest BCUT2D eigenvalue weighted by atomic mass is 10.1. The van der Waals surface area contributed by atoms with E-state index in [1.807, 2.05) is 19.1 Å². The quantitative estimate of drug-likeness (QED) is 0.799. The van der Waals surface area contributed by atoms with Gasteiger partial charge in [-0.3, -0.25) is 0 Å². The van der Waals surface area contributed by atoms with Crippen LogP contribution < -0.4 is 0 Å². The molecule has 0 saturated heterocycles. The molecular weight excluding hydrogens is 218 g/mol. The number of aromatic hydroxyl groups is 1. The van der Waals surface area contributed by atoms with E-state index in [-0.39, 0.29) is 5.75 Å². The van der Waals surface area contributed by atoms with E-state index in [0.717, 1.165) is 11.1 Å². The van der Waals surface area contributed by atoms with Gasteiger partial charge in [0.15, 0.2) is 0 Å². The number of nitrogens with zero attached hydrogens (tertiary/aromatic N) is 1. The fourth-order valence-electron chi connectivity index (χ4n) is 1.02. The highest BCUT2D eigenvalue weighted by molar-refractivity contribution is 9.10. The van der Waals surface area contributed by atoms with Crippen molar-refractivity contribution in [3.05, 3.63) is 27.7 Å². The molecule has 0 heterocycles. The zero-order valence-electron chi connectivity index (χ0n) is 6.63. The summed E-state index contributed by atoms with van der Waals surface area (Å²) < 4.78 is 0.698. The number of hydrogen-bond acceptors (Lipinski definition) is 2. The monoisotopic (exact) mass is 225 g/mol. The molecule has 12 heavy (non-hydrogen) atoms. The number of aryl methyl sites for hydroxylation is 1. The Morgan fingerprint density at radius 1 is 1.58 bits per heavy atom. The van der Waals surface area contributed by atoms with Crippen molar-refractivity contribution in [1.29, 1.82) is 5.26 Å². The molecular formula is C9H8BrNO. The zero-order chi connectivity index (χ0) is 9.14. The molecule has 0 aliphatic heterocycles. The van der Waals surface area contributed by atoms with Gasteiger partial charge in [0.2, 0.25) is 0 Å². The molecule has 0 aliphatic carbocycles. The molecule has 0 bridgehead atoms. The molecule has 1 aromatic rings. The normalized spacial score (nSPS) is 9.42. The van der Waals surface area contributed by atoms with Gasteiger partial charge in [-0.25, -0.2) is 0 Å². The summed E-state index contributed by atoms with van der Waals surface area (Å²) in [5.41, 5.74) is 1.79. The highest BCUT2D eigenvalue weighted by atomic mass is 79.9. The Bertz CT molecular complexity index is 318. The highest BCUT2D eigenvalue weighted by Gasteiger charge is 2.03. The molecule has 62 valence electrons. The van der Waals surface area contributed by atoms with Gasteiger partial charge in [-0.05, 0) is 40.0 Å². The Labute approximate surface area is 79.6 Å².